The normalized spacial score (nSPS) is 25.1. The molecule has 6 atom stereocenters. The van der Waals surface area contributed by atoms with Crippen molar-refractivity contribution in [3.05, 3.63) is 88.9 Å². The van der Waals surface area contributed by atoms with Gasteiger partial charge in [0.1, 0.15) is 5.75 Å². The van der Waals surface area contributed by atoms with Crippen LogP contribution in [0.2, 0.25) is 5.02 Å². The summed E-state index contributed by atoms with van der Waals surface area (Å²) < 4.78 is 10.6. The largest absolute Gasteiger partial charge is 0.497 e. The average Bonchev–Trinajstić information content (AvgIpc) is 3.67. The molecule has 0 spiro atoms. The smallest absolute Gasteiger partial charge is 0.339 e. The van der Waals surface area contributed by atoms with Gasteiger partial charge in [-0.2, -0.15) is 0 Å². The number of carbonyl (C=O) groups is 4. The van der Waals surface area contributed by atoms with Gasteiger partial charge in [-0.3, -0.25) is 19.3 Å². The summed E-state index contributed by atoms with van der Waals surface area (Å²) in [6.45, 7) is -0.465. The summed E-state index contributed by atoms with van der Waals surface area (Å²) in [5.41, 5.74) is 2.70. The van der Waals surface area contributed by atoms with Crippen LogP contribution < -0.4 is 9.64 Å². The van der Waals surface area contributed by atoms with Crippen LogP contribution in [0.3, 0.4) is 0 Å². The highest BCUT2D eigenvalue weighted by Gasteiger charge is 2.66. The van der Waals surface area contributed by atoms with Crippen molar-refractivity contribution in [2.75, 3.05) is 18.6 Å². The quantitative estimate of drug-likeness (QED) is 0.0878. The molecule has 6 unspecified atom stereocenters. The average molecular weight is 753 g/mol. The third kappa shape index (κ3) is 5.07. The summed E-state index contributed by atoms with van der Waals surface area (Å²) >= 11 is 13.7. The maximum atomic E-state index is 13.5. The molecule has 4 aromatic rings. The van der Waals surface area contributed by atoms with E-state index in [1.165, 1.54) is 12.0 Å². The molecule has 3 aliphatic rings. The first kappa shape index (κ1) is 30.1. The molecule has 3 fully saturated rings. The number of anilines is 1. The fourth-order valence-electron chi connectivity index (χ4n) is 6.99. The molecule has 2 saturated carbocycles. The van der Waals surface area contributed by atoms with Crippen LogP contribution >= 0.6 is 43.5 Å². The van der Waals surface area contributed by atoms with Gasteiger partial charge in [-0.15, -0.1) is 0 Å². The monoisotopic (exact) mass is 750 g/mol. The Morgan fingerprint density at radius 1 is 0.933 bits per heavy atom. The van der Waals surface area contributed by atoms with E-state index < -0.39 is 12.6 Å². The van der Waals surface area contributed by atoms with Gasteiger partial charge >= 0.3 is 5.97 Å². The number of esters is 1. The number of ether oxygens (including phenoxy) is 2. The number of aromatic nitrogens is 1. The second kappa shape index (κ2) is 11.6. The van der Waals surface area contributed by atoms with Crippen LogP contribution in [0.5, 0.6) is 5.75 Å². The van der Waals surface area contributed by atoms with E-state index in [-0.39, 0.29) is 56.5 Å². The number of hydrogen-bond donors (Lipinski definition) is 0. The van der Waals surface area contributed by atoms with Crippen LogP contribution in [-0.2, 0) is 14.3 Å². The molecule has 2 heterocycles. The van der Waals surface area contributed by atoms with Gasteiger partial charge in [0.2, 0.25) is 11.8 Å². The number of amides is 2. The maximum absolute atomic E-state index is 13.5. The van der Waals surface area contributed by atoms with E-state index >= 15 is 0 Å². The number of ketones is 1. The zero-order valence-electron chi connectivity index (χ0n) is 23.8. The van der Waals surface area contributed by atoms with Gasteiger partial charge in [0.15, 0.2) is 12.4 Å². The number of nitrogens with zero attached hydrogens (tertiary/aromatic N) is 2. The minimum Gasteiger partial charge on any atom is -0.497 e. The molecule has 3 aromatic carbocycles. The summed E-state index contributed by atoms with van der Waals surface area (Å²) in [4.78, 5) is 59.5. The van der Waals surface area contributed by atoms with E-state index in [0.29, 0.717) is 44.2 Å². The molecular formula is C34H25Br2ClN2O6. The zero-order valence-corrected chi connectivity index (χ0v) is 27.7. The van der Waals surface area contributed by atoms with Gasteiger partial charge in [0.05, 0.1) is 41.4 Å². The number of pyridine rings is 1. The topological polar surface area (TPSA) is 103 Å². The summed E-state index contributed by atoms with van der Waals surface area (Å²) in [6, 6.07) is 20.2. The number of halogens is 3. The van der Waals surface area contributed by atoms with Crippen molar-refractivity contribution in [2.45, 2.75) is 16.1 Å². The molecule has 1 aromatic heterocycles. The molecular weight excluding hydrogens is 728 g/mol. The highest BCUT2D eigenvalue weighted by molar-refractivity contribution is 9.12. The number of alkyl halides is 2. The second-order valence-corrected chi connectivity index (χ2v) is 14.1. The van der Waals surface area contributed by atoms with Crippen molar-refractivity contribution in [1.82, 2.24) is 4.98 Å². The van der Waals surface area contributed by atoms with E-state index in [4.69, 9.17) is 26.1 Å². The number of carbonyl (C=O) groups excluding carboxylic acids is 4. The molecule has 1 aliphatic heterocycles. The summed E-state index contributed by atoms with van der Waals surface area (Å²) in [5, 5.41) is 0.893. The van der Waals surface area contributed by atoms with Gasteiger partial charge < -0.3 is 9.47 Å². The van der Waals surface area contributed by atoms with Gasteiger partial charge in [-0.1, -0.05) is 67.7 Å². The summed E-state index contributed by atoms with van der Waals surface area (Å²) in [7, 11) is 1.51. The summed E-state index contributed by atoms with van der Waals surface area (Å²) in [5.74, 6) is -1.22. The number of rotatable bonds is 7. The van der Waals surface area contributed by atoms with Gasteiger partial charge in [-0.25, -0.2) is 9.78 Å². The molecule has 11 heteroatoms. The number of imide groups is 1. The lowest BCUT2D eigenvalue weighted by Crippen LogP contribution is -2.37. The van der Waals surface area contributed by atoms with Crippen LogP contribution in [0.15, 0.2) is 72.8 Å². The molecule has 7 rings (SSSR count). The number of benzene rings is 3. The second-order valence-electron chi connectivity index (χ2n) is 11.5. The predicted molar refractivity (Wildman–Crippen MR) is 176 cm³/mol. The number of hydrogen-bond acceptors (Lipinski definition) is 7. The van der Waals surface area contributed by atoms with Gasteiger partial charge in [0.25, 0.3) is 0 Å². The molecule has 1 saturated heterocycles. The Balaban J connectivity index is 1.15. The zero-order chi connectivity index (χ0) is 31.6. The minimum absolute atomic E-state index is 0.129. The van der Waals surface area contributed by atoms with E-state index in [1.807, 2.05) is 0 Å². The molecule has 2 amide bonds. The molecule has 2 bridgehead atoms. The maximum Gasteiger partial charge on any atom is 0.339 e. The minimum atomic E-state index is -0.705. The predicted octanol–water partition coefficient (Wildman–Crippen LogP) is 6.89. The Morgan fingerprint density at radius 2 is 1.62 bits per heavy atom. The highest BCUT2D eigenvalue weighted by Crippen LogP contribution is 2.60. The lowest BCUT2D eigenvalue weighted by molar-refractivity contribution is -0.123. The van der Waals surface area contributed by atoms with Crippen LogP contribution in [0.4, 0.5) is 5.69 Å². The Morgan fingerprint density at radius 3 is 2.29 bits per heavy atom. The van der Waals surface area contributed by atoms with E-state index in [2.05, 4.69) is 31.9 Å². The summed E-state index contributed by atoms with van der Waals surface area (Å²) in [6.07, 6.45) is 0.865. The van der Waals surface area contributed by atoms with Crippen molar-refractivity contribution in [3.63, 3.8) is 0 Å². The standard InChI is InChI=1S/C34H25Br2ClN2O6/c1-44-20-4-2-3-17(11-20)27(40)15-45-34(43)22-14-26(38-25-10-7-18(37)12-21(22)25)16-5-8-19(9-6-16)39-32(41)28-23-13-24(29(28)33(39)42)31(36)30(23)35/h2-12,14,23-24,28-31H,13,15H2,1H3. The molecule has 45 heavy (non-hydrogen) atoms. The number of methoxy groups -OCH3 is 1. The first-order valence-corrected chi connectivity index (χ1v) is 16.6. The number of fused-ring (bicyclic) bond motifs is 6. The Bertz CT molecular complexity index is 1870. The van der Waals surface area contributed by atoms with Crippen LogP contribution in [0.1, 0.15) is 27.1 Å². The lowest BCUT2D eigenvalue weighted by Gasteiger charge is -2.28. The van der Waals surface area contributed by atoms with Crippen LogP contribution in [0, 0.1) is 23.7 Å². The third-order valence-electron chi connectivity index (χ3n) is 9.13. The Hall–Kier alpha value is -3.60. The van der Waals surface area contributed by atoms with E-state index in [9.17, 15) is 19.2 Å². The fourth-order valence-corrected chi connectivity index (χ4v) is 9.03. The fraction of sp³-hybridized carbons (Fsp3) is 0.265. The van der Waals surface area contributed by atoms with E-state index in [1.54, 1.807) is 72.8 Å². The first-order chi connectivity index (χ1) is 21.7. The van der Waals surface area contributed by atoms with Crippen molar-refractivity contribution in [2.24, 2.45) is 23.7 Å². The molecule has 0 radical (unpaired) electrons. The van der Waals surface area contributed by atoms with E-state index in [0.717, 1.165) is 6.42 Å². The first-order valence-electron chi connectivity index (χ1n) is 14.4. The third-order valence-corrected chi connectivity index (χ3v) is 12.6. The van der Waals surface area contributed by atoms with Crippen LogP contribution in [-0.4, -0.2) is 51.9 Å². The Kier molecular flexibility index (Phi) is 7.78. The molecule has 2 aliphatic carbocycles. The SMILES string of the molecule is COc1cccc(C(=O)COC(=O)c2cc(-c3ccc(N4C(=O)C5C6CC(C(Br)C6Br)C5C4=O)cc3)nc3ccc(Cl)cc23)c1. The van der Waals surface area contributed by atoms with Crippen molar-refractivity contribution < 1.29 is 28.7 Å². The number of Topliss-reactive ketones (excluding diaryl/α,β-unsaturated/α-hetero) is 1. The van der Waals surface area contributed by atoms with Gasteiger partial charge in [0, 0.05) is 31.2 Å². The molecule has 0 N–H and O–H groups in total. The molecule has 228 valence electrons. The van der Waals surface area contributed by atoms with Gasteiger partial charge in [-0.05, 0) is 66.8 Å². The Labute approximate surface area is 280 Å². The van der Waals surface area contributed by atoms with Crippen molar-refractivity contribution in [3.8, 4) is 17.0 Å². The highest BCUT2D eigenvalue weighted by atomic mass is 79.9. The lowest BCUT2D eigenvalue weighted by atomic mass is 9.81. The van der Waals surface area contributed by atoms with Crippen LogP contribution in [0.25, 0.3) is 22.2 Å². The van der Waals surface area contributed by atoms with Crippen molar-refractivity contribution in [1.29, 1.82) is 0 Å². The van der Waals surface area contributed by atoms with Crippen molar-refractivity contribution >= 4 is 83.6 Å². The molecule has 8 nitrogen and oxygen atoms in total.